The summed E-state index contributed by atoms with van der Waals surface area (Å²) in [6.45, 7) is 0.621. The Morgan fingerprint density at radius 1 is 1.14 bits per heavy atom. The van der Waals surface area contributed by atoms with E-state index >= 15 is 4.39 Å². The smallest absolute Gasteiger partial charge is 0.250 e. The highest BCUT2D eigenvalue weighted by molar-refractivity contribution is 5.77. The normalized spacial score (nSPS) is 30.2. The minimum absolute atomic E-state index is 0.0618. The molecule has 0 amide bonds. The number of hydrogen-bond acceptors (Lipinski definition) is 6. The maximum Gasteiger partial charge on any atom is 0.250 e. The van der Waals surface area contributed by atoms with E-state index in [2.05, 4.69) is 20.4 Å². The highest BCUT2D eigenvalue weighted by Crippen LogP contribution is 2.59. The van der Waals surface area contributed by atoms with E-state index in [1.54, 1.807) is 31.4 Å². The van der Waals surface area contributed by atoms with Crippen LogP contribution in [0, 0.1) is 5.92 Å². The molecule has 1 aliphatic carbocycles. The van der Waals surface area contributed by atoms with Crippen LogP contribution in [0.1, 0.15) is 24.8 Å². The molecule has 0 radical (unpaired) electrons. The van der Waals surface area contributed by atoms with Crippen molar-refractivity contribution in [3.63, 3.8) is 0 Å². The second-order valence-electron chi connectivity index (χ2n) is 10.4. The van der Waals surface area contributed by atoms with E-state index in [1.165, 1.54) is 4.57 Å². The van der Waals surface area contributed by atoms with Gasteiger partial charge in [-0.1, -0.05) is 18.2 Å². The van der Waals surface area contributed by atoms with Crippen LogP contribution in [0.25, 0.3) is 28.5 Å². The van der Waals surface area contributed by atoms with Crippen molar-refractivity contribution in [3.05, 3.63) is 64.6 Å². The zero-order chi connectivity index (χ0) is 23.9. The number of pyridine rings is 1. The summed E-state index contributed by atoms with van der Waals surface area (Å²) in [7, 11) is 1.70. The van der Waals surface area contributed by atoms with Crippen LogP contribution in [0.2, 0.25) is 0 Å². The SMILES string of the molecule is Cn1ccc(-c2ccc(-c3cc4c(nn3)N([C@@H]3CC5CC6CC6(N5)[C@H]3F)CC=C4)c(O)c2)cc1=O. The molecular weight excluding hydrogens is 445 g/mol. The number of phenols is 1. The summed E-state index contributed by atoms with van der Waals surface area (Å²) < 4.78 is 17.1. The largest absolute Gasteiger partial charge is 0.507 e. The summed E-state index contributed by atoms with van der Waals surface area (Å²) >= 11 is 0. The number of rotatable bonds is 3. The van der Waals surface area contributed by atoms with Gasteiger partial charge in [-0.25, -0.2) is 4.39 Å². The van der Waals surface area contributed by atoms with Gasteiger partial charge in [0.05, 0.1) is 17.3 Å². The average molecular weight is 472 g/mol. The Hall–Kier alpha value is -3.52. The number of phenolic OH excluding ortho intramolecular Hbond substituents is 1. The first kappa shape index (κ1) is 20.8. The van der Waals surface area contributed by atoms with Gasteiger partial charge in [0.2, 0.25) is 0 Å². The van der Waals surface area contributed by atoms with Crippen LogP contribution < -0.4 is 15.8 Å². The van der Waals surface area contributed by atoms with E-state index in [0.717, 1.165) is 36.0 Å². The van der Waals surface area contributed by atoms with Gasteiger partial charge >= 0.3 is 0 Å². The first-order chi connectivity index (χ1) is 16.9. The van der Waals surface area contributed by atoms with Gasteiger partial charge in [0, 0.05) is 43.0 Å². The Kier molecular flexibility index (Phi) is 4.31. The lowest BCUT2D eigenvalue weighted by Crippen LogP contribution is -2.60. The minimum atomic E-state index is -0.918. The van der Waals surface area contributed by atoms with Crippen molar-refractivity contribution in [2.24, 2.45) is 13.0 Å². The lowest BCUT2D eigenvalue weighted by atomic mass is 9.91. The number of benzene rings is 1. The van der Waals surface area contributed by atoms with Crippen molar-refractivity contribution in [1.82, 2.24) is 20.1 Å². The molecule has 2 saturated heterocycles. The van der Waals surface area contributed by atoms with Gasteiger partial charge in [-0.2, -0.15) is 0 Å². The van der Waals surface area contributed by atoms with E-state index in [-0.39, 0.29) is 22.9 Å². The Balaban J connectivity index is 1.20. The molecule has 5 atom stereocenters. The number of aromatic hydroxyl groups is 1. The molecule has 2 bridgehead atoms. The minimum Gasteiger partial charge on any atom is -0.507 e. The number of aryl methyl sites for hydroxylation is 1. The topological polar surface area (TPSA) is 83.3 Å². The lowest BCUT2D eigenvalue weighted by molar-refractivity contribution is 0.145. The fraction of sp³-hybridized carbons (Fsp3) is 0.370. The number of piperidine rings is 2. The molecule has 35 heavy (non-hydrogen) atoms. The fourth-order valence-corrected chi connectivity index (χ4v) is 6.42. The molecule has 1 saturated carbocycles. The third-order valence-corrected chi connectivity index (χ3v) is 8.34. The first-order valence-corrected chi connectivity index (χ1v) is 12.2. The molecule has 3 aliphatic heterocycles. The number of fused-ring (bicyclic) bond motifs is 2. The van der Waals surface area contributed by atoms with E-state index in [4.69, 9.17) is 0 Å². The highest BCUT2D eigenvalue weighted by Gasteiger charge is 2.69. The molecule has 7 rings (SSSR count). The van der Waals surface area contributed by atoms with Gasteiger partial charge in [0.25, 0.3) is 5.56 Å². The molecule has 178 valence electrons. The van der Waals surface area contributed by atoms with Gasteiger partial charge in [-0.05, 0) is 60.6 Å². The fourth-order valence-electron chi connectivity index (χ4n) is 6.42. The zero-order valence-electron chi connectivity index (χ0n) is 19.4. The molecule has 3 aromatic rings. The quantitative estimate of drug-likeness (QED) is 0.610. The molecular formula is C27H26FN5O2. The van der Waals surface area contributed by atoms with Gasteiger partial charge in [0.15, 0.2) is 5.82 Å². The van der Waals surface area contributed by atoms with Gasteiger partial charge in [0.1, 0.15) is 11.9 Å². The van der Waals surface area contributed by atoms with Crippen LogP contribution in [0.15, 0.2) is 53.5 Å². The van der Waals surface area contributed by atoms with Crippen LogP contribution in [0.4, 0.5) is 10.2 Å². The summed E-state index contributed by atoms with van der Waals surface area (Å²) in [4.78, 5) is 14.1. The Morgan fingerprint density at radius 2 is 2.00 bits per heavy atom. The molecule has 2 aromatic heterocycles. The van der Waals surface area contributed by atoms with Crippen molar-refractivity contribution in [2.75, 3.05) is 11.4 Å². The van der Waals surface area contributed by atoms with Gasteiger partial charge < -0.3 is 19.9 Å². The molecule has 2 N–H and O–H groups in total. The van der Waals surface area contributed by atoms with Crippen LogP contribution in [-0.4, -0.2) is 50.2 Å². The highest BCUT2D eigenvalue weighted by atomic mass is 19.1. The number of alkyl halides is 1. The predicted molar refractivity (Wildman–Crippen MR) is 132 cm³/mol. The maximum atomic E-state index is 15.6. The number of anilines is 1. The van der Waals surface area contributed by atoms with Crippen molar-refractivity contribution in [2.45, 2.75) is 43.1 Å². The zero-order valence-corrected chi connectivity index (χ0v) is 19.4. The van der Waals surface area contributed by atoms with Crippen LogP contribution in [0.3, 0.4) is 0 Å². The van der Waals surface area contributed by atoms with Crippen LogP contribution >= 0.6 is 0 Å². The lowest BCUT2D eigenvalue weighted by Gasteiger charge is -2.43. The molecule has 7 nitrogen and oxygen atoms in total. The molecule has 8 heteroatoms. The third kappa shape index (κ3) is 3.09. The standard InChI is InChI=1S/C27H26FN5O2/c1-32-8-6-16(11-24(32)35)15-4-5-20(23(34)10-15)21-9-17-3-2-7-33(26(17)31-30-21)22-13-19-12-18-14-27(18,29-19)25(22)28/h2-6,8-11,18-19,22,25,29,34H,7,12-14H2,1H3/t18?,19?,22-,25+,27?/m1/s1. The van der Waals surface area contributed by atoms with E-state index in [1.807, 2.05) is 30.4 Å². The molecule has 1 aromatic carbocycles. The number of aromatic nitrogens is 3. The van der Waals surface area contributed by atoms with Crippen molar-refractivity contribution in [1.29, 1.82) is 0 Å². The summed E-state index contributed by atoms with van der Waals surface area (Å²) in [6, 6.07) is 10.7. The number of nitrogens with one attached hydrogen (secondary N) is 1. The summed E-state index contributed by atoms with van der Waals surface area (Å²) in [6.07, 6.45) is 7.62. The molecule has 3 fully saturated rings. The van der Waals surface area contributed by atoms with E-state index < -0.39 is 6.17 Å². The van der Waals surface area contributed by atoms with Crippen LogP contribution in [-0.2, 0) is 7.05 Å². The van der Waals surface area contributed by atoms with Crippen molar-refractivity contribution in [3.8, 4) is 28.1 Å². The van der Waals surface area contributed by atoms with Crippen molar-refractivity contribution < 1.29 is 9.50 Å². The van der Waals surface area contributed by atoms with Gasteiger partial charge in [-0.15, -0.1) is 10.2 Å². The van der Waals surface area contributed by atoms with Crippen LogP contribution in [0.5, 0.6) is 5.75 Å². The van der Waals surface area contributed by atoms with E-state index in [9.17, 15) is 9.90 Å². The number of nitrogens with zero attached hydrogens (tertiary/aromatic N) is 4. The van der Waals surface area contributed by atoms with Gasteiger partial charge in [-0.3, -0.25) is 4.79 Å². The Bertz CT molecular complexity index is 1450. The summed E-state index contributed by atoms with van der Waals surface area (Å²) in [5, 5.41) is 23.3. The third-order valence-electron chi connectivity index (χ3n) is 8.34. The summed E-state index contributed by atoms with van der Waals surface area (Å²) in [5.41, 5.74) is 3.02. The Morgan fingerprint density at radius 3 is 2.83 bits per heavy atom. The van der Waals surface area contributed by atoms with Crippen molar-refractivity contribution >= 4 is 11.9 Å². The maximum absolute atomic E-state index is 15.6. The predicted octanol–water partition coefficient (Wildman–Crippen LogP) is 3.28. The number of halogens is 1. The molecule has 3 unspecified atom stereocenters. The second kappa shape index (κ2) is 7.24. The molecule has 4 aliphatic rings. The summed E-state index contributed by atoms with van der Waals surface area (Å²) in [5.74, 6) is 1.24. The monoisotopic (exact) mass is 471 g/mol. The Labute approximate surface area is 201 Å². The van der Waals surface area contributed by atoms with E-state index in [0.29, 0.717) is 35.6 Å². The molecule has 5 heterocycles. The first-order valence-electron chi connectivity index (χ1n) is 12.2. The average Bonchev–Trinajstić information content (AvgIpc) is 3.45. The second-order valence-corrected chi connectivity index (χ2v) is 10.4. The molecule has 1 spiro atoms. The number of hydrogen-bond donors (Lipinski definition) is 2.